The molecule has 0 bridgehead atoms. The lowest BCUT2D eigenvalue weighted by molar-refractivity contribution is -0.284. The van der Waals surface area contributed by atoms with Gasteiger partial charge in [0, 0.05) is 29.1 Å². The highest BCUT2D eigenvalue weighted by atomic mass is 79.9. The predicted molar refractivity (Wildman–Crippen MR) is 118 cm³/mol. The number of aliphatic hydroxyl groups is 1. The first-order valence-electron chi connectivity index (χ1n) is 10.7. The van der Waals surface area contributed by atoms with Gasteiger partial charge < -0.3 is 24.7 Å². The van der Waals surface area contributed by atoms with Crippen LogP contribution in [0.15, 0.2) is 44.5 Å². The highest BCUT2D eigenvalue weighted by molar-refractivity contribution is 9.10. The van der Waals surface area contributed by atoms with E-state index in [1.807, 2.05) is 13.8 Å². The second-order valence-corrected chi connectivity index (χ2v) is 9.78. The van der Waals surface area contributed by atoms with Crippen LogP contribution in [0.25, 0.3) is 0 Å². The number of oxime groups is 1. The number of nitrogens with one attached hydrogen (secondary N) is 1. The first kappa shape index (κ1) is 24.5. The van der Waals surface area contributed by atoms with Crippen molar-refractivity contribution in [2.75, 3.05) is 6.54 Å². The van der Waals surface area contributed by atoms with Crippen molar-refractivity contribution < 1.29 is 32.4 Å². The van der Waals surface area contributed by atoms with Gasteiger partial charge in [0.2, 0.25) is 5.91 Å². The second-order valence-electron chi connectivity index (χ2n) is 8.87. The minimum atomic E-state index is -4.87. The molecule has 2 aliphatic heterocycles. The molecule has 4 rings (SSSR count). The summed E-state index contributed by atoms with van der Waals surface area (Å²) < 4.78 is 48.6. The number of likely N-dealkylation sites (tertiary alicyclic amines) is 1. The van der Waals surface area contributed by atoms with Gasteiger partial charge in [0.05, 0.1) is 17.8 Å². The van der Waals surface area contributed by atoms with E-state index in [0.717, 1.165) is 0 Å². The Kier molecular flexibility index (Phi) is 6.40. The molecule has 34 heavy (non-hydrogen) atoms. The van der Waals surface area contributed by atoms with Crippen LogP contribution in [0.5, 0.6) is 0 Å². The molecule has 1 unspecified atom stereocenters. The van der Waals surface area contributed by atoms with E-state index in [-0.39, 0.29) is 30.3 Å². The van der Waals surface area contributed by atoms with Crippen molar-refractivity contribution in [3.05, 3.63) is 51.8 Å². The van der Waals surface area contributed by atoms with Crippen LogP contribution in [0.4, 0.5) is 13.2 Å². The lowest BCUT2D eigenvalue weighted by Crippen LogP contribution is -2.57. The number of amidine groups is 1. The van der Waals surface area contributed by atoms with Gasteiger partial charge >= 0.3 is 11.9 Å². The zero-order valence-electron chi connectivity index (χ0n) is 18.6. The van der Waals surface area contributed by atoms with Crippen LogP contribution >= 0.6 is 15.9 Å². The van der Waals surface area contributed by atoms with Gasteiger partial charge in [0.15, 0.2) is 5.84 Å². The molecule has 0 aliphatic carbocycles. The summed E-state index contributed by atoms with van der Waals surface area (Å²) in [5.41, 5.74) is -2.51. The lowest BCUT2D eigenvalue weighted by atomic mass is 9.91. The summed E-state index contributed by atoms with van der Waals surface area (Å²) in [5.74, 6) is -1.14. The Hall–Kier alpha value is -2.60. The minimum Gasteiger partial charge on any atom is -0.391 e. The monoisotopic (exact) mass is 544 g/mol. The number of β-amino-alcohol motifs (C(OH)–C–C–N with tert-alkyl or cyclic N) is 1. The number of carbonyl (C=O) groups excluding carboxylic acids is 1. The summed E-state index contributed by atoms with van der Waals surface area (Å²) >= 11 is 3.21. The van der Waals surface area contributed by atoms with Crippen molar-refractivity contribution >= 4 is 27.7 Å². The van der Waals surface area contributed by atoms with Gasteiger partial charge in [-0.25, -0.2) is 0 Å². The third-order valence-electron chi connectivity index (χ3n) is 6.00. The third-order valence-corrected chi connectivity index (χ3v) is 6.53. The Morgan fingerprint density at radius 3 is 2.56 bits per heavy atom. The summed E-state index contributed by atoms with van der Waals surface area (Å²) in [5, 5.41) is 20.3. The van der Waals surface area contributed by atoms with Gasteiger partial charge in [0.1, 0.15) is 11.7 Å². The van der Waals surface area contributed by atoms with Crippen molar-refractivity contribution in [1.29, 1.82) is 0 Å². The van der Waals surface area contributed by atoms with E-state index in [9.17, 15) is 23.1 Å². The number of aromatic nitrogens is 1. The van der Waals surface area contributed by atoms with Crippen molar-refractivity contribution in [1.82, 2.24) is 15.4 Å². The number of nitrogens with zero attached hydrogens (tertiary/aromatic N) is 3. The zero-order valence-corrected chi connectivity index (χ0v) is 20.2. The molecule has 3 heterocycles. The number of carbonyl (C=O) groups is 1. The molecule has 2 aromatic rings. The number of halogens is 4. The Morgan fingerprint density at radius 2 is 2.00 bits per heavy atom. The number of amides is 1. The van der Waals surface area contributed by atoms with Crippen LogP contribution in [-0.2, 0) is 15.4 Å². The Bertz CT molecular complexity index is 1090. The van der Waals surface area contributed by atoms with Crippen molar-refractivity contribution in [2.45, 2.75) is 57.2 Å². The number of benzene rings is 1. The first-order chi connectivity index (χ1) is 15.9. The van der Waals surface area contributed by atoms with E-state index in [1.165, 1.54) is 29.2 Å². The minimum absolute atomic E-state index is 0.00938. The molecular formula is C22H24BrF3N4O4. The quantitative estimate of drug-likeness (QED) is 0.593. The average molecular weight is 545 g/mol. The van der Waals surface area contributed by atoms with E-state index in [0.29, 0.717) is 15.9 Å². The number of alkyl halides is 3. The molecule has 1 fully saturated rings. The molecule has 4 atom stereocenters. The summed E-state index contributed by atoms with van der Waals surface area (Å²) in [6.07, 6.45) is -5.79. The number of hydrogen-bond donors (Lipinski definition) is 2. The Balaban J connectivity index is 1.64. The number of hydrogen-bond acceptors (Lipinski definition) is 7. The Morgan fingerprint density at radius 1 is 1.32 bits per heavy atom. The molecule has 0 radical (unpaired) electrons. The molecule has 1 aromatic carbocycles. The molecule has 12 heteroatoms. The van der Waals surface area contributed by atoms with Gasteiger partial charge in [-0.1, -0.05) is 52.2 Å². The van der Waals surface area contributed by atoms with Crippen LogP contribution < -0.4 is 5.32 Å². The molecule has 1 amide bonds. The van der Waals surface area contributed by atoms with Gasteiger partial charge in [0.25, 0.3) is 0 Å². The maximum atomic E-state index is 14.2. The van der Waals surface area contributed by atoms with Gasteiger partial charge in [-0.3, -0.25) is 4.79 Å². The molecule has 1 aromatic heterocycles. The molecule has 184 valence electrons. The van der Waals surface area contributed by atoms with E-state index in [2.05, 4.69) is 31.6 Å². The Labute approximate surface area is 202 Å². The number of aliphatic hydroxyl groups excluding tert-OH is 1. The predicted octanol–water partition coefficient (Wildman–Crippen LogP) is 3.80. The second kappa shape index (κ2) is 8.88. The maximum absolute atomic E-state index is 14.2. The molecule has 2 aliphatic rings. The van der Waals surface area contributed by atoms with Crippen molar-refractivity contribution in [2.24, 2.45) is 11.1 Å². The van der Waals surface area contributed by atoms with Crippen LogP contribution in [0, 0.1) is 12.8 Å². The number of aryl methyl sites for hydroxylation is 1. The van der Waals surface area contributed by atoms with Crippen LogP contribution in [0.1, 0.15) is 43.2 Å². The molecule has 2 N–H and O–H groups in total. The summed E-state index contributed by atoms with van der Waals surface area (Å²) in [4.78, 5) is 19.9. The van der Waals surface area contributed by atoms with E-state index < -0.39 is 35.9 Å². The highest BCUT2D eigenvalue weighted by Gasteiger charge is 2.64. The smallest absolute Gasteiger partial charge is 0.391 e. The fourth-order valence-electron chi connectivity index (χ4n) is 4.34. The van der Waals surface area contributed by atoms with Gasteiger partial charge in [-0.2, -0.15) is 13.2 Å². The fourth-order valence-corrected chi connectivity index (χ4v) is 4.61. The van der Waals surface area contributed by atoms with Gasteiger partial charge in [-0.15, -0.1) is 0 Å². The van der Waals surface area contributed by atoms with E-state index >= 15 is 0 Å². The molecule has 0 spiro atoms. The maximum Gasteiger partial charge on any atom is 0.456 e. The number of rotatable bonds is 5. The normalized spacial score (nSPS) is 25.8. The molecule has 8 nitrogen and oxygen atoms in total. The summed E-state index contributed by atoms with van der Waals surface area (Å²) in [6.45, 7) is 5.33. The van der Waals surface area contributed by atoms with E-state index in [1.54, 1.807) is 13.0 Å². The first-order valence-corrected chi connectivity index (χ1v) is 11.5. The average Bonchev–Trinajstić information content (AvgIpc) is 3.46. The summed E-state index contributed by atoms with van der Waals surface area (Å²) in [6, 6.07) is 6.20. The summed E-state index contributed by atoms with van der Waals surface area (Å²) in [7, 11) is 0. The zero-order chi connectivity index (χ0) is 24.8. The molecular weight excluding hydrogens is 521 g/mol. The van der Waals surface area contributed by atoms with E-state index in [4.69, 9.17) is 9.36 Å². The molecule has 0 saturated carbocycles. The van der Waals surface area contributed by atoms with Crippen LogP contribution in [-0.4, -0.2) is 51.8 Å². The van der Waals surface area contributed by atoms with Gasteiger partial charge in [-0.05, 0) is 25.0 Å². The largest absolute Gasteiger partial charge is 0.456 e. The fraction of sp³-hybridized carbons (Fsp3) is 0.500. The highest BCUT2D eigenvalue weighted by Crippen LogP contribution is 2.44. The molecule has 1 saturated heterocycles. The SMILES string of the molecule is Cc1cc(C(C(=O)N2C[C@H](O)C[C@H]2C2=NO[C@@](c3ccc(Br)cc3)(C(F)(F)F)N2)C(C)C)on1. The topological polar surface area (TPSA) is 100 Å². The third kappa shape index (κ3) is 4.28. The van der Waals surface area contributed by atoms with Crippen molar-refractivity contribution in [3.63, 3.8) is 0 Å². The standard InChI is InChI=1S/C22H24BrF3N4O4/c1-11(2)18(17-8-12(3)28-33-17)20(32)30-10-15(31)9-16(30)19-27-21(34-29-19,22(24,25)26)13-4-6-14(23)7-5-13/h4-8,11,15-16,18,31H,9-10H2,1-3H3,(H,27,29)/t15-,16+,18?,21+/m1/s1. The van der Waals surface area contributed by atoms with Crippen molar-refractivity contribution in [3.8, 4) is 0 Å². The van der Waals surface area contributed by atoms with Crippen LogP contribution in [0.2, 0.25) is 0 Å². The van der Waals surface area contributed by atoms with Crippen LogP contribution in [0.3, 0.4) is 0 Å². The lowest BCUT2D eigenvalue weighted by Gasteiger charge is -2.32.